The van der Waals surface area contributed by atoms with E-state index < -0.39 is 11.8 Å². The molecule has 0 aliphatic carbocycles. The molecule has 1 fully saturated rings. The standard InChI is InChI=1S/C23H19N3OS/c24-16-19-20(17-10-4-1-5-11-17)21(26-14-8-3-9-15-26)23(27,25-22(19)28)18-12-6-2-7-13-18/h1-15,20-21,24,27H/p+1/t20-,21+,23+/m0/s1. The molecule has 138 valence electrons. The predicted octanol–water partition coefficient (Wildman–Crippen LogP) is 3.25. The Labute approximate surface area is 169 Å². The number of hydrogen-bond acceptors (Lipinski definition) is 3. The molecule has 2 aromatic carbocycles. The van der Waals surface area contributed by atoms with Gasteiger partial charge in [-0.1, -0.05) is 78.9 Å². The fourth-order valence-electron chi connectivity index (χ4n) is 3.92. The van der Waals surface area contributed by atoms with Gasteiger partial charge in [-0.25, -0.2) is 0 Å². The molecule has 1 saturated heterocycles. The maximum Gasteiger partial charge on any atom is 0.227 e. The van der Waals surface area contributed by atoms with Crippen LogP contribution in [0.4, 0.5) is 0 Å². The number of aliphatic hydroxyl groups is 1. The summed E-state index contributed by atoms with van der Waals surface area (Å²) in [6.07, 6.45) is 3.85. The first-order valence-corrected chi connectivity index (χ1v) is 9.46. The van der Waals surface area contributed by atoms with E-state index in [1.165, 1.54) is 0 Å². The lowest BCUT2D eigenvalue weighted by atomic mass is 9.74. The van der Waals surface area contributed by atoms with Gasteiger partial charge in [-0.3, -0.25) is 5.41 Å². The Morgan fingerprint density at radius 2 is 1.50 bits per heavy atom. The summed E-state index contributed by atoms with van der Waals surface area (Å²) in [5.41, 5.74) is 0.786. The van der Waals surface area contributed by atoms with Crippen LogP contribution in [0.5, 0.6) is 0 Å². The van der Waals surface area contributed by atoms with E-state index in [4.69, 9.17) is 17.6 Å². The highest BCUT2D eigenvalue weighted by atomic mass is 32.1. The summed E-state index contributed by atoms with van der Waals surface area (Å²) in [5, 5.41) is 22.9. The molecule has 5 heteroatoms. The summed E-state index contributed by atoms with van der Waals surface area (Å²) in [7, 11) is 0. The van der Waals surface area contributed by atoms with Crippen molar-refractivity contribution in [1.82, 2.24) is 5.32 Å². The third kappa shape index (κ3) is 3.06. The van der Waals surface area contributed by atoms with Crippen LogP contribution >= 0.6 is 12.2 Å². The van der Waals surface area contributed by atoms with E-state index in [0.29, 0.717) is 16.1 Å². The van der Waals surface area contributed by atoms with Crippen LogP contribution in [0.25, 0.3) is 0 Å². The van der Waals surface area contributed by atoms with Gasteiger partial charge in [0, 0.05) is 17.7 Å². The molecular formula is C23H20N3OS+. The number of piperidine rings is 1. The van der Waals surface area contributed by atoms with Crippen LogP contribution in [-0.4, -0.2) is 16.0 Å². The fraction of sp³-hybridized carbons (Fsp3) is 0.130. The van der Waals surface area contributed by atoms with Crippen molar-refractivity contribution in [2.45, 2.75) is 17.7 Å². The normalized spacial score (nSPS) is 24.3. The second-order valence-corrected chi connectivity index (χ2v) is 7.19. The van der Waals surface area contributed by atoms with Crippen molar-refractivity contribution < 1.29 is 9.67 Å². The van der Waals surface area contributed by atoms with Gasteiger partial charge in [-0.15, -0.1) is 0 Å². The quantitative estimate of drug-likeness (QED) is 0.280. The minimum Gasteiger partial charge on any atom is -0.362 e. The summed E-state index contributed by atoms with van der Waals surface area (Å²) in [4.78, 5) is 0.336. The molecular weight excluding hydrogens is 366 g/mol. The maximum absolute atomic E-state index is 11.9. The Balaban J connectivity index is 2.00. The number of hydrogen-bond donors (Lipinski definition) is 3. The molecule has 4 nitrogen and oxygen atoms in total. The van der Waals surface area contributed by atoms with Gasteiger partial charge in [0.2, 0.25) is 11.8 Å². The van der Waals surface area contributed by atoms with E-state index in [9.17, 15) is 5.11 Å². The first-order valence-electron chi connectivity index (χ1n) is 9.06. The zero-order valence-corrected chi connectivity index (χ0v) is 15.9. The zero-order chi connectivity index (χ0) is 19.6. The summed E-state index contributed by atoms with van der Waals surface area (Å²) in [5.74, 6) is 2.19. The largest absolute Gasteiger partial charge is 0.362 e. The molecule has 1 aromatic heterocycles. The lowest BCUT2D eigenvalue weighted by Gasteiger charge is -2.43. The molecule has 1 aliphatic heterocycles. The maximum atomic E-state index is 11.9. The van der Waals surface area contributed by atoms with Crippen LogP contribution < -0.4 is 9.88 Å². The Morgan fingerprint density at radius 3 is 2.11 bits per heavy atom. The average molecular weight is 387 g/mol. The van der Waals surface area contributed by atoms with Crippen molar-refractivity contribution in [2.75, 3.05) is 0 Å². The van der Waals surface area contributed by atoms with Crippen LogP contribution in [0.3, 0.4) is 0 Å². The van der Waals surface area contributed by atoms with Gasteiger partial charge in [-0.05, 0) is 11.4 Å². The van der Waals surface area contributed by atoms with E-state index in [1.807, 2.05) is 95.8 Å². The van der Waals surface area contributed by atoms with Crippen LogP contribution in [0.15, 0.2) is 96.8 Å². The minimum absolute atomic E-state index is 0.336. The first-order chi connectivity index (χ1) is 13.6. The molecule has 3 N–H and O–H groups in total. The predicted molar refractivity (Wildman–Crippen MR) is 112 cm³/mol. The Morgan fingerprint density at radius 1 is 0.929 bits per heavy atom. The van der Waals surface area contributed by atoms with Gasteiger partial charge in [0.1, 0.15) is 4.99 Å². The topological polar surface area (TPSA) is 60.0 Å². The van der Waals surface area contributed by atoms with Crippen LogP contribution in [-0.2, 0) is 5.72 Å². The molecule has 1 aliphatic rings. The van der Waals surface area contributed by atoms with Gasteiger partial charge < -0.3 is 10.4 Å². The molecule has 0 bridgehead atoms. The minimum atomic E-state index is -1.45. The summed E-state index contributed by atoms with van der Waals surface area (Å²) in [6.45, 7) is 0. The lowest BCUT2D eigenvalue weighted by Crippen LogP contribution is -2.65. The molecule has 4 rings (SSSR count). The third-order valence-corrected chi connectivity index (χ3v) is 5.49. The number of pyridine rings is 1. The van der Waals surface area contributed by atoms with E-state index in [2.05, 4.69) is 11.2 Å². The smallest absolute Gasteiger partial charge is 0.227 e. The molecule has 0 saturated carbocycles. The van der Waals surface area contributed by atoms with E-state index in [1.54, 1.807) is 0 Å². The second kappa shape index (κ2) is 7.49. The fourth-order valence-corrected chi connectivity index (χ4v) is 4.25. The van der Waals surface area contributed by atoms with Crippen molar-refractivity contribution in [1.29, 1.82) is 5.41 Å². The summed E-state index contributed by atoms with van der Waals surface area (Å²) < 4.78 is 1.97. The lowest BCUT2D eigenvalue weighted by molar-refractivity contribution is -0.743. The third-order valence-electron chi connectivity index (χ3n) is 5.17. The van der Waals surface area contributed by atoms with E-state index >= 15 is 0 Å². The van der Waals surface area contributed by atoms with E-state index in [0.717, 1.165) is 5.56 Å². The molecule has 3 atom stereocenters. The molecule has 3 aromatic rings. The van der Waals surface area contributed by atoms with Crippen molar-refractivity contribution in [3.05, 3.63) is 108 Å². The number of nitrogens with zero attached hydrogens (tertiary/aromatic N) is 1. The van der Waals surface area contributed by atoms with E-state index in [-0.39, 0.29) is 5.92 Å². The van der Waals surface area contributed by atoms with Crippen LogP contribution in [0, 0.1) is 5.41 Å². The SMILES string of the molecule is N=C=C1C(=S)N[C@@](O)(c2ccccc2)[C@H]([n+]2ccccc2)[C@H]1c1ccccc1. The van der Waals surface area contributed by atoms with Gasteiger partial charge in [0.05, 0.1) is 11.5 Å². The molecule has 28 heavy (non-hydrogen) atoms. The number of benzene rings is 2. The second-order valence-electron chi connectivity index (χ2n) is 6.78. The Bertz CT molecular complexity index is 1030. The van der Waals surface area contributed by atoms with Crippen molar-refractivity contribution in [3.8, 4) is 0 Å². The van der Waals surface area contributed by atoms with Gasteiger partial charge >= 0.3 is 0 Å². The summed E-state index contributed by atoms with van der Waals surface area (Å²) >= 11 is 5.56. The zero-order valence-electron chi connectivity index (χ0n) is 15.1. The Hall–Kier alpha value is -3.11. The highest BCUT2D eigenvalue weighted by Gasteiger charge is 2.56. The van der Waals surface area contributed by atoms with Crippen LogP contribution in [0.1, 0.15) is 23.1 Å². The molecule has 0 amide bonds. The highest BCUT2D eigenvalue weighted by molar-refractivity contribution is 7.80. The molecule has 0 unspecified atom stereocenters. The summed E-state index contributed by atoms with van der Waals surface area (Å²) in [6, 6.07) is 24.6. The van der Waals surface area contributed by atoms with Crippen molar-refractivity contribution in [3.63, 3.8) is 0 Å². The van der Waals surface area contributed by atoms with Crippen molar-refractivity contribution in [2.24, 2.45) is 0 Å². The molecule has 0 radical (unpaired) electrons. The van der Waals surface area contributed by atoms with Gasteiger partial charge in [0.15, 0.2) is 12.4 Å². The molecule has 0 spiro atoms. The van der Waals surface area contributed by atoms with Crippen molar-refractivity contribution >= 4 is 23.1 Å². The van der Waals surface area contributed by atoms with Crippen LogP contribution in [0.2, 0.25) is 0 Å². The number of nitrogens with one attached hydrogen (secondary N) is 2. The average Bonchev–Trinajstić information content (AvgIpc) is 2.75. The number of rotatable bonds is 3. The number of thiocarbonyl (C=S) groups is 1. The Kier molecular flexibility index (Phi) is 4.88. The molecule has 2 heterocycles. The van der Waals surface area contributed by atoms with Gasteiger partial charge in [0.25, 0.3) is 0 Å². The number of aromatic nitrogens is 1. The monoisotopic (exact) mass is 386 g/mol. The first kappa shape index (κ1) is 18.3. The van der Waals surface area contributed by atoms with Gasteiger partial charge in [-0.2, -0.15) is 4.57 Å². The highest BCUT2D eigenvalue weighted by Crippen LogP contribution is 2.45.